The van der Waals surface area contributed by atoms with Crippen LogP contribution in [0.1, 0.15) is 41.5 Å². The van der Waals surface area contributed by atoms with Gasteiger partial charge in [0.15, 0.2) is 0 Å². The number of carbonyl (C=O) groups excluding carboxylic acids is 2. The van der Waals surface area contributed by atoms with Crippen molar-refractivity contribution >= 4 is 17.9 Å². The molecule has 0 saturated carbocycles. The molecule has 122 valence electrons. The molecular formula is C15H23N3O4. The summed E-state index contributed by atoms with van der Waals surface area (Å²) < 4.78 is 10.4. The largest absolute Gasteiger partial charge is 0.443 e. The Morgan fingerprint density at radius 3 is 1.95 bits per heavy atom. The summed E-state index contributed by atoms with van der Waals surface area (Å²) in [6.45, 7) is 10.4. The third-order valence-electron chi connectivity index (χ3n) is 2.10. The van der Waals surface area contributed by atoms with Crippen LogP contribution in [0.5, 0.6) is 0 Å². The van der Waals surface area contributed by atoms with Crippen LogP contribution in [-0.4, -0.2) is 28.4 Å². The fourth-order valence-corrected chi connectivity index (χ4v) is 1.41. The molecule has 1 aromatic rings. The highest BCUT2D eigenvalue weighted by Gasteiger charge is 2.27. The second kappa shape index (κ2) is 6.64. The van der Waals surface area contributed by atoms with E-state index in [-0.39, 0.29) is 0 Å². The second-order valence-electron chi connectivity index (χ2n) is 6.63. The van der Waals surface area contributed by atoms with Crippen molar-refractivity contribution in [3.8, 4) is 0 Å². The van der Waals surface area contributed by atoms with Crippen LogP contribution in [0, 0.1) is 0 Å². The number of nitrogens with one attached hydrogen (secondary N) is 1. The molecule has 7 nitrogen and oxygen atoms in total. The zero-order chi connectivity index (χ0) is 17.0. The van der Waals surface area contributed by atoms with E-state index in [1.54, 1.807) is 53.7 Å². The molecule has 0 bridgehead atoms. The lowest BCUT2D eigenvalue weighted by molar-refractivity contribution is 0.0425. The standard InChI is InChI=1S/C15H23N3O4/c1-14(2,3)21-12(19)17-18(11-7-9-16-10-8-11)13(20)22-15(4,5)6/h7-10H,1-6H3,(H,17,19). The minimum absolute atomic E-state index is 0.412. The number of rotatable bonds is 1. The van der Waals surface area contributed by atoms with Crippen molar-refractivity contribution in [3.63, 3.8) is 0 Å². The Morgan fingerprint density at radius 2 is 1.50 bits per heavy atom. The van der Waals surface area contributed by atoms with E-state index < -0.39 is 23.4 Å². The average Bonchev–Trinajstić information content (AvgIpc) is 2.32. The van der Waals surface area contributed by atoms with Gasteiger partial charge >= 0.3 is 12.2 Å². The average molecular weight is 309 g/mol. The van der Waals surface area contributed by atoms with Crippen molar-refractivity contribution in [3.05, 3.63) is 24.5 Å². The Bertz CT molecular complexity index is 518. The maximum Gasteiger partial charge on any atom is 0.434 e. The highest BCUT2D eigenvalue weighted by Crippen LogP contribution is 2.16. The van der Waals surface area contributed by atoms with Gasteiger partial charge in [-0.05, 0) is 53.7 Å². The molecule has 1 N–H and O–H groups in total. The maximum atomic E-state index is 12.3. The molecule has 0 aliphatic carbocycles. The van der Waals surface area contributed by atoms with Crippen LogP contribution in [0.25, 0.3) is 0 Å². The first-order chi connectivity index (χ1) is 9.98. The number of aromatic nitrogens is 1. The van der Waals surface area contributed by atoms with Crippen LogP contribution in [0.2, 0.25) is 0 Å². The number of amides is 2. The minimum Gasteiger partial charge on any atom is -0.443 e. The first-order valence-corrected chi connectivity index (χ1v) is 6.91. The van der Waals surface area contributed by atoms with Crippen LogP contribution in [-0.2, 0) is 9.47 Å². The first-order valence-electron chi connectivity index (χ1n) is 6.91. The molecule has 2 amide bonds. The van der Waals surface area contributed by atoms with Crippen LogP contribution < -0.4 is 10.4 Å². The molecule has 0 radical (unpaired) electrons. The highest BCUT2D eigenvalue weighted by atomic mass is 16.6. The molecule has 0 aromatic carbocycles. The van der Waals surface area contributed by atoms with Crippen LogP contribution >= 0.6 is 0 Å². The summed E-state index contributed by atoms with van der Waals surface area (Å²) in [5.41, 5.74) is 1.42. The maximum absolute atomic E-state index is 12.3. The third kappa shape index (κ3) is 6.43. The summed E-state index contributed by atoms with van der Waals surface area (Å²) >= 11 is 0. The van der Waals surface area contributed by atoms with E-state index in [1.165, 1.54) is 12.4 Å². The van der Waals surface area contributed by atoms with E-state index >= 15 is 0 Å². The van der Waals surface area contributed by atoms with Gasteiger partial charge in [-0.2, -0.15) is 5.01 Å². The van der Waals surface area contributed by atoms with Gasteiger partial charge in [-0.25, -0.2) is 15.0 Å². The number of pyridine rings is 1. The number of anilines is 1. The molecule has 1 rings (SSSR count). The summed E-state index contributed by atoms with van der Waals surface area (Å²) in [6, 6.07) is 3.14. The number of ether oxygens (including phenoxy) is 2. The molecule has 0 aliphatic rings. The Hall–Kier alpha value is -2.31. The van der Waals surface area contributed by atoms with Gasteiger partial charge in [0.05, 0.1) is 5.69 Å². The smallest absolute Gasteiger partial charge is 0.434 e. The molecule has 0 fully saturated rings. The molecule has 0 aliphatic heterocycles. The topological polar surface area (TPSA) is 80.8 Å². The van der Waals surface area contributed by atoms with E-state index in [9.17, 15) is 9.59 Å². The normalized spacial score (nSPS) is 11.5. The lowest BCUT2D eigenvalue weighted by atomic mass is 10.2. The monoisotopic (exact) mass is 309 g/mol. The van der Waals surface area contributed by atoms with Gasteiger partial charge in [-0.1, -0.05) is 0 Å². The summed E-state index contributed by atoms with van der Waals surface area (Å²) in [7, 11) is 0. The number of nitrogens with zero attached hydrogens (tertiary/aromatic N) is 2. The van der Waals surface area contributed by atoms with Crippen LogP contribution in [0.15, 0.2) is 24.5 Å². The second-order valence-corrected chi connectivity index (χ2v) is 6.63. The number of hydrogen-bond acceptors (Lipinski definition) is 5. The number of carbonyl (C=O) groups is 2. The van der Waals surface area contributed by atoms with Gasteiger partial charge in [0.1, 0.15) is 11.2 Å². The summed E-state index contributed by atoms with van der Waals surface area (Å²) in [6.07, 6.45) is 1.53. The zero-order valence-corrected chi connectivity index (χ0v) is 13.8. The predicted molar refractivity (Wildman–Crippen MR) is 82.3 cm³/mol. The quantitative estimate of drug-likeness (QED) is 0.805. The van der Waals surface area contributed by atoms with Crippen molar-refractivity contribution in [2.24, 2.45) is 0 Å². The fourth-order valence-electron chi connectivity index (χ4n) is 1.41. The predicted octanol–water partition coefficient (Wildman–Crippen LogP) is 3.26. The number of hydrazine groups is 1. The molecule has 22 heavy (non-hydrogen) atoms. The van der Waals surface area contributed by atoms with E-state index in [4.69, 9.17) is 9.47 Å². The van der Waals surface area contributed by atoms with Crippen molar-refractivity contribution in [2.45, 2.75) is 52.7 Å². The van der Waals surface area contributed by atoms with Crippen LogP contribution in [0.3, 0.4) is 0 Å². The highest BCUT2D eigenvalue weighted by molar-refractivity contribution is 5.90. The Kier molecular flexibility index (Phi) is 5.35. The van der Waals surface area contributed by atoms with Gasteiger partial charge in [-0.3, -0.25) is 4.98 Å². The Labute approximate surface area is 130 Å². The molecule has 0 spiro atoms. The zero-order valence-electron chi connectivity index (χ0n) is 13.8. The lowest BCUT2D eigenvalue weighted by Crippen LogP contribution is -2.50. The van der Waals surface area contributed by atoms with Crippen molar-refractivity contribution in [2.75, 3.05) is 5.01 Å². The Morgan fingerprint density at radius 1 is 1.00 bits per heavy atom. The number of hydrogen-bond donors (Lipinski definition) is 1. The van der Waals surface area contributed by atoms with E-state index in [0.717, 1.165) is 5.01 Å². The van der Waals surface area contributed by atoms with Gasteiger partial charge in [0.25, 0.3) is 0 Å². The van der Waals surface area contributed by atoms with Gasteiger partial charge in [0.2, 0.25) is 0 Å². The molecule has 7 heteroatoms. The lowest BCUT2D eigenvalue weighted by Gasteiger charge is -2.28. The first kappa shape index (κ1) is 17.7. The van der Waals surface area contributed by atoms with Crippen molar-refractivity contribution in [1.82, 2.24) is 10.4 Å². The Balaban J connectivity index is 2.93. The van der Waals surface area contributed by atoms with Crippen LogP contribution in [0.4, 0.5) is 15.3 Å². The minimum atomic E-state index is -0.754. The van der Waals surface area contributed by atoms with E-state index in [2.05, 4.69) is 10.4 Å². The SMILES string of the molecule is CC(C)(C)OC(=O)NN(C(=O)OC(C)(C)C)c1ccncc1. The van der Waals surface area contributed by atoms with E-state index in [1.807, 2.05) is 0 Å². The van der Waals surface area contributed by atoms with Gasteiger partial charge in [-0.15, -0.1) is 0 Å². The molecule has 0 atom stereocenters. The fraction of sp³-hybridized carbons (Fsp3) is 0.533. The summed E-state index contributed by atoms with van der Waals surface area (Å²) in [5, 5.41) is 0.987. The molecule has 1 aromatic heterocycles. The van der Waals surface area contributed by atoms with Crippen molar-refractivity contribution < 1.29 is 19.1 Å². The summed E-state index contributed by atoms with van der Waals surface area (Å²) in [5.74, 6) is 0. The van der Waals surface area contributed by atoms with Gasteiger partial charge < -0.3 is 9.47 Å². The van der Waals surface area contributed by atoms with Crippen molar-refractivity contribution in [1.29, 1.82) is 0 Å². The van der Waals surface area contributed by atoms with Gasteiger partial charge in [0, 0.05) is 12.4 Å². The molecule has 1 heterocycles. The molecule has 0 unspecified atom stereocenters. The molecular weight excluding hydrogens is 286 g/mol. The summed E-state index contributed by atoms with van der Waals surface area (Å²) in [4.78, 5) is 28.1. The van der Waals surface area contributed by atoms with E-state index in [0.29, 0.717) is 5.69 Å². The third-order valence-corrected chi connectivity index (χ3v) is 2.10. The molecule has 0 saturated heterocycles.